The number of aryl methyl sites for hydroxylation is 1. The van der Waals surface area contributed by atoms with Crippen LogP contribution in [0, 0.1) is 0 Å². The summed E-state index contributed by atoms with van der Waals surface area (Å²) in [4.78, 5) is 43.5. The van der Waals surface area contributed by atoms with E-state index in [9.17, 15) is 14.4 Å². The molecule has 0 bridgehead atoms. The highest BCUT2D eigenvalue weighted by Gasteiger charge is 2.19. The van der Waals surface area contributed by atoms with Gasteiger partial charge in [-0.25, -0.2) is 4.98 Å². The number of carbonyl (C=O) groups excluding carboxylic acids is 2. The Morgan fingerprint density at radius 2 is 1.90 bits per heavy atom. The minimum absolute atomic E-state index is 0.0137. The summed E-state index contributed by atoms with van der Waals surface area (Å²) in [5, 5.41) is 5.31. The van der Waals surface area contributed by atoms with Gasteiger partial charge in [0.1, 0.15) is 0 Å². The molecule has 1 aromatic carbocycles. The number of hydrogen-bond donors (Lipinski definition) is 2. The van der Waals surface area contributed by atoms with Crippen molar-refractivity contribution in [3.05, 3.63) is 34.6 Å². The van der Waals surface area contributed by atoms with Crippen LogP contribution in [0.15, 0.2) is 29.1 Å². The molecule has 3 rings (SSSR count). The molecule has 29 heavy (non-hydrogen) atoms. The monoisotopic (exact) mass is 401 g/mol. The van der Waals surface area contributed by atoms with Gasteiger partial charge in [-0.2, -0.15) is 0 Å². The molecule has 1 aliphatic heterocycles. The molecule has 2 amide bonds. The fourth-order valence-corrected chi connectivity index (χ4v) is 3.24. The number of fused-ring (bicyclic) bond motifs is 1. The average Bonchev–Trinajstić information content (AvgIpc) is 2.71. The first-order valence-corrected chi connectivity index (χ1v) is 9.84. The quantitative estimate of drug-likeness (QED) is 0.690. The van der Waals surface area contributed by atoms with Gasteiger partial charge < -0.3 is 24.8 Å². The summed E-state index contributed by atoms with van der Waals surface area (Å²) in [5.41, 5.74) is 1.15. The van der Waals surface area contributed by atoms with E-state index < -0.39 is 0 Å². The van der Waals surface area contributed by atoms with E-state index in [2.05, 4.69) is 15.6 Å². The number of rotatable bonds is 7. The molecule has 0 unspecified atom stereocenters. The number of hydrogen-bond acceptors (Lipinski definition) is 6. The zero-order valence-corrected chi connectivity index (χ0v) is 16.8. The van der Waals surface area contributed by atoms with Gasteiger partial charge in [0.2, 0.25) is 11.8 Å². The Balaban J connectivity index is 1.75. The second-order valence-electron chi connectivity index (χ2n) is 7.23. The van der Waals surface area contributed by atoms with Crippen molar-refractivity contribution in [3.63, 3.8) is 0 Å². The highest BCUT2D eigenvalue weighted by molar-refractivity contribution is 5.85. The molecule has 0 spiro atoms. The van der Waals surface area contributed by atoms with Crippen LogP contribution in [-0.2, 0) is 20.9 Å². The van der Waals surface area contributed by atoms with Crippen LogP contribution in [0.4, 0.5) is 5.82 Å². The van der Waals surface area contributed by atoms with E-state index in [1.807, 2.05) is 43.0 Å². The summed E-state index contributed by atoms with van der Waals surface area (Å²) in [7, 11) is 0. The molecule has 0 aliphatic carbocycles. The van der Waals surface area contributed by atoms with Crippen molar-refractivity contribution < 1.29 is 14.3 Å². The fraction of sp³-hybridized carbons (Fsp3) is 0.500. The lowest BCUT2D eigenvalue weighted by molar-refractivity contribution is -0.126. The lowest BCUT2D eigenvalue weighted by Gasteiger charge is -2.28. The lowest BCUT2D eigenvalue weighted by Crippen LogP contribution is -2.42. The zero-order chi connectivity index (χ0) is 20.8. The van der Waals surface area contributed by atoms with Gasteiger partial charge in [0.05, 0.1) is 30.8 Å². The van der Waals surface area contributed by atoms with Gasteiger partial charge in [-0.05, 0) is 26.0 Å². The number of nitrogens with zero attached hydrogens (tertiary/aromatic N) is 3. The summed E-state index contributed by atoms with van der Waals surface area (Å²) in [6.07, 6.45) is 0.0887. The number of nitrogens with one attached hydrogen (secondary N) is 2. The number of carbonyl (C=O) groups is 2. The van der Waals surface area contributed by atoms with Crippen LogP contribution in [-0.4, -0.2) is 60.3 Å². The molecule has 1 saturated heterocycles. The van der Waals surface area contributed by atoms with Crippen LogP contribution < -0.4 is 21.1 Å². The number of amides is 2. The summed E-state index contributed by atoms with van der Waals surface area (Å²) in [5.74, 6) is -0.150. The summed E-state index contributed by atoms with van der Waals surface area (Å²) >= 11 is 0. The van der Waals surface area contributed by atoms with Crippen LogP contribution in [0.1, 0.15) is 20.3 Å². The smallest absolute Gasteiger partial charge is 0.294 e. The van der Waals surface area contributed by atoms with E-state index in [0.717, 1.165) is 0 Å². The van der Waals surface area contributed by atoms with Gasteiger partial charge in [0, 0.05) is 32.1 Å². The lowest BCUT2D eigenvalue weighted by atomic mass is 10.2. The Kier molecular flexibility index (Phi) is 6.82. The molecule has 2 aromatic rings. The second-order valence-corrected chi connectivity index (χ2v) is 7.23. The standard InChI is InChI=1S/C20H27N5O4/c1-14(2)22-18(27)13-21-17(26)7-8-25-16-6-4-3-5-15(16)23-19(20(25)28)24-9-11-29-12-10-24/h3-6,14H,7-13H2,1-2H3,(H,21,26)(H,22,27). The van der Waals surface area contributed by atoms with Crippen molar-refractivity contribution in [2.45, 2.75) is 32.9 Å². The largest absolute Gasteiger partial charge is 0.378 e. The predicted octanol–water partition coefficient (Wildman–Crippen LogP) is 0.264. The van der Waals surface area contributed by atoms with E-state index >= 15 is 0 Å². The molecule has 0 radical (unpaired) electrons. The number of aromatic nitrogens is 2. The van der Waals surface area contributed by atoms with Crippen LogP contribution in [0.3, 0.4) is 0 Å². The van der Waals surface area contributed by atoms with Crippen LogP contribution >= 0.6 is 0 Å². The molecular formula is C20H27N5O4. The number of morpholine rings is 1. The van der Waals surface area contributed by atoms with Gasteiger partial charge in [-0.15, -0.1) is 0 Å². The molecule has 156 valence electrons. The van der Waals surface area contributed by atoms with Crippen molar-refractivity contribution in [1.29, 1.82) is 0 Å². The third-order valence-corrected chi connectivity index (χ3v) is 4.60. The summed E-state index contributed by atoms with van der Waals surface area (Å²) < 4.78 is 6.95. The maximum absolute atomic E-state index is 13.1. The molecule has 1 fully saturated rings. The van der Waals surface area contributed by atoms with E-state index in [0.29, 0.717) is 43.2 Å². The topological polar surface area (TPSA) is 106 Å². The zero-order valence-electron chi connectivity index (χ0n) is 16.8. The first-order valence-electron chi connectivity index (χ1n) is 9.84. The van der Waals surface area contributed by atoms with Crippen molar-refractivity contribution >= 4 is 28.7 Å². The summed E-state index contributed by atoms with van der Waals surface area (Å²) in [6, 6.07) is 7.39. The van der Waals surface area contributed by atoms with Crippen molar-refractivity contribution in [2.24, 2.45) is 0 Å². The van der Waals surface area contributed by atoms with Gasteiger partial charge >= 0.3 is 0 Å². The molecule has 0 saturated carbocycles. The third kappa shape index (κ3) is 5.32. The SMILES string of the molecule is CC(C)NC(=O)CNC(=O)CCn1c(=O)c(N2CCOCC2)nc2ccccc21. The second kappa shape index (κ2) is 9.51. The average molecular weight is 401 g/mol. The highest BCUT2D eigenvalue weighted by Crippen LogP contribution is 2.15. The molecule has 9 nitrogen and oxygen atoms in total. The van der Waals surface area contributed by atoms with Crippen LogP contribution in [0.25, 0.3) is 11.0 Å². The molecule has 2 heterocycles. The maximum Gasteiger partial charge on any atom is 0.294 e. The van der Waals surface area contributed by atoms with Crippen molar-refractivity contribution in [2.75, 3.05) is 37.7 Å². The van der Waals surface area contributed by atoms with Crippen molar-refractivity contribution in [3.8, 4) is 0 Å². The number of anilines is 1. The predicted molar refractivity (Wildman–Crippen MR) is 110 cm³/mol. The first-order chi connectivity index (χ1) is 14.0. The maximum atomic E-state index is 13.1. The normalized spacial score (nSPS) is 14.2. The van der Waals surface area contributed by atoms with E-state index in [1.54, 1.807) is 4.57 Å². The Bertz CT molecular complexity index is 934. The molecule has 1 aromatic heterocycles. The minimum atomic E-state index is -0.287. The van der Waals surface area contributed by atoms with Gasteiger partial charge in [0.25, 0.3) is 5.56 Å². The van der Waals surface area contributed by atoms with Crippen LogP contribution in [0.2, 0.25) is 0 Å². The number of para-hydroxylation sites is 2. The van der Waals surface area contributed by atoms with E-state index in [1.165, 1.54) is 0 Å². The Morgan fingerprint density at radius 3 is 2.62 bits per heavy atom. The molecule has 1 aliphatic rings. The Hall–Kier alpha value is -2.94. The molecule has 2 N–H and O–H groups in total. The van der Waals surface area contributed by atoms with Gasteiger partial charge in [0.15, 0.2) is 5.82 Å². The van der Waals surface area contributed by atoms with E-state index in [-0.39, 0.29) is 42.9 Å². The minimum Gasteiger partial charge on any atom is -0.378 e. The molecule has 0 atom stereocenters. The highest BCUT2D eigenvalue weighted by atomic mass is 16.5. The third-order valence-electron chi connectivity index (χ3n) is 4.60. The van der Waals surface area contributed by atoms with Crippen molar-refractivity contribution in [1.82, 2.24) is 20.2 Å². The van der Waals surface area contributed by atoms with Gasteiger partial charge in [-0.1, -0.05) is 12.1 Å². The van der Waals surface area contributed by atoms with Crippen LogP contribution in [0.5, 0.6) is 0 Å². The Labute approximate surface area is 169 Å². The summed E-state index contributed by atoms with van der Waals surface area (Å²) in [6.45, 7) is 6.14. The van der Waals surface area contributed by atoms with Gasteiger partial charge in [-0.3, -0.25) is 14.4 Å². The fourth-order valence-electron chi connectivity index (χ4n) is 3.24. The number of benzene rings is 1. The molecule has 9 heteroatoms. The molecular weight excluding hydrogens is 374 g/mol. The first kappa shape index (κ1) is 20.8. The number of ether oxygens (including phenoxy) is 1. The Morgan fingerprint density at radius 1 is 1.17 bits per heavy atom. The van der Waals surface area contributed by atoms with E-state index in [4.69, 9.17) is 4.74 Å².